The summed E-state index contributed by atoms with van der Waals surface area (Å²) in [4.78, 5) is 28.2. The van der Waals surface area contributed by atoms with E-state index in [4.69, 9.17) is 5.73 Å². The molecule has 2 atom stereocenters. The second-order valence-electron chi connectivity index (χ2n) is 6.32. The molecular weight excluding hydrogens is 322 g/mol. The minimum absolute atomic E-state index is 0. The average molecular weight is 347 g/mol. The normalized spacial score (nSPS) is 26.3. The van der Waals surface area contributed by atoms with Crippen LogP contribution < -0.4 is 11.1 Å². The maximum atomic E-state index is 12.3. The molecule has 3 N–H and O–H groups in total. The molecule has 2 aliphatic heterocycles. The van der Waals surface area contributed by atoms with Gasteiger partial charge in [0.1, 0.15) is 0 Å². The molecule has 6 heteroatoms. The Bertz CT molecular complexity index is 674. The van der Waals surface area contributed by atoms with E-state index >= 15 is 0 Å². The number of aliphatic imine (C=N–C) groups is 1. The van der Waals surface area contributed by atoms with Gasteiger partial charge in [0.15, 0.2) is 11.0 Å². The van der Waals surface area contributed by atoms with Gasteiger partial charge in [-0.15, -0.1) is 0 Å². The molecule has 0 aromatic heterocycles. The molecule has 1 aromatic carbocycles. The van der Waals surface area contributed by atoms with Crippen molar-refractivity contribution in [2.75, 3.05) is 5.75 Å². The van der Waals surface area contributed by atoms with Crippen molar-refractivity contribution in [3.8, 4) is 0 Å². The highest BCUT2D eigenvalue weighted by atomic mass is 32.2. The highest BCUT2D eigenvalue weighted by Crippen LogP contribution is 2.35. The van der Waals surface area contributed by atoms with Crippen LogP contribution in [0, 0.1) is 0 Å². The summed E-state index contributed by atoms with van der Waals surface area (Å²) in [6.07, 6.45) is 2.31. The van der Waals surface area contributed by atoms with Gasteiger partial charge in [-0.25, -0.2) is 0 Å². The van der Waals surface area contributed by atoms with Crippen molar-refractivity contribution in [2.24, 2.45) is 10.7 Å². The lowest BCUT2D eigenvalue weighted by Gasteiger charge is -2.30. The van der Waals surface area contributed by atoms with Crippen LogP contribution in [0.3, 0.4) is 0 Å². The molecule has 1 aromatic rings. The molecule has 0 unspecified atom stereocenters. The van der Waals surface area contributed by atoms with Crippen LogP contribution in [-0.2, 0) is 21.5 Å². The van der Waals surface area contributed by atoms with E-state index in [0.717, 1.165) is 23.3 Å². The largest absolute Gasteiger partial charge is 0.379 e. The van der Waals surface area contributed by atoms with Crippen molar-refractivity contribution in [1.29, 1.82) is 0 Å². The number of nitrogens with zero attached hydrogens (tertiary/aromatic N) is 1. The number of rotatable bonds is 4. The Morgan fingerprint density at radius 3 is 2.96 bits per heavy atom. The van der Waals surface area contributed by atoms with E-state index in [2.05, 4.69) is 17.2 Å². The van der Waals surface area contributed by atoms with Crippen LogP contribution in [0.2, 0.25) is 0 Å². The van der Waals surface area contributed by atoms with E-state index in [9.17, 15) is 9.59 Å². The molecule has 2 aliphatic rings. The summed E-state index contributed by atoms with van der Waals surface area (Å²) in [6, 6.07) is 7.66. The number of hydrogen-bond acceptors (Lipinski definition) is 5. The smallest absolute Gasteiger partial charge is 0.220 e. The number of benzene rings is 1. The number of nitrogens with one attached hydrogen (secondary N) is 1. The fourth-order valence-electron chi connectivity index (χ4n) is 3.09. The predicted molar refractivity (Wildman–Crippen MR) is 99.1 cm³/mol. The standard InChI is InChI=1S/C17H21N3O2S.CH4/c1-17(7-8-23-16(18)20-17)12-4-2-3-11(9-12)10-14(21)13-5-6-15(22)19-13;/h2-4,9,13H,5-8,10H2,1H3,(H2,18,20)(H,19,22);1H4/t13-,17+;/m1./s1. The Morgan fingerprint density at radius 1 is 1.50 bits per heavy atom. The predicted octanol–water partition coefficient (Wildman–Crippen LogP) is 2.38. The zero-order valence-corrected chi connectivity index (χ0v) is 14.0. The molecule has 3 rings (SSSR count). The highest BCUT2D eigenvalue weighted by Gasteiger charge is 2.30. The summed E-state index contributed by atoms with van der Waals surface area (Å²) in [5.41, 5.74) is 7.60. The number of carbonyl (C=O) groups excluding carboxylic acids is 2. The van der Waals surface area contributed by atoms with E-state index in [1.807, 2.05) is 24.3 Å². The number of Topliss-reactive ketones (excluding diaryl/α,β-unsaturated/α-hetero) is 1. The van der Waals surface area contributed by atoms with E-state index in [1.54, 1.807) is 11.8 Å². The summed E-state index contributed by atoms with van der Waals surface area (Å²) >= 11 is 1.58. The van der Waals surface area contributed by atoms with Crippen molar-refractivity contribution in [2.45, 2.75) is 51.6 Å². The second-order valence-corrected chi connectivity index (χ2v) is 7.44. The van der Waals surface area contributed by atoms with Crippen LogP contribution in [0.1, 0.15) is 44.7 Å². The maximum absolute atomic E-state index is 12.3. The van der Waals surface area contributed by atoms with Crippen LogP contribution in [0.4, 0.5) is 0 Å². The molecule has 5 nitrogen and oxygen atoms in total. The fraction of sp³-hybridized carbons (Fsp3) is 0.500. The third-order valence-electron chi connectivity index (χ3n) is 4.51. The van der Waals surface area contributed by atoms with Gasteiger partial charge in [-0.05, 0) is 30.9 Å². The number of carbonyl (C=O) groups is 2. The summed E-state index contributed by atoms with van der Waals surface area (Å²) in [5, 5.41) is 3.35. The number of amidine groups is 1. The van der Waals surface area contributed by atoms with Gasteiger partial charge in [0.25, 0.3) is 0 Å². The van der Waals surface area contributed by atoms with E-state index in [-0.39, 0.29) is 30.7 Å². The van der Waals surface area contributed by atoms with E-state index in [1.165, 1.54) is 0 Å². The lowest BCUT2D eigenvalue weighted by atomic mass is 9.88. The number of thioether (sulfide) groups is 1. The lowest BCUT2D eigenvalue weighted by molar-refractivity contribution is -0.124. The first-order valence-corrected chi connectivity index (χ1v) is 8.84. The third kappa shape index (κ3) is 3.98. The van der Waals surface area contributed by atoms with Gasteiger partial charge >= 0.3 is 0 Å². The van der Waals surface area contributed by atoms with Crippen molar-refractivity contribution in [3.05, 3.63) is 35.4 Å². The summed E-state index contributed by atoms with van der Waals surface area (Å²) in [5.74, 6) is 0.984. The Balaban J connectivity index is 0.00000208. The zero-order chi connectivity index (χ0) is 16.4. The summed E-state index contributed by atoms with van der Waals surface area (Å²) < 4.78 is 0. The van der Waals surface area contributed by atoms with Crippen LogP contribution in [0.5, 0.6) is 0 Å². The van der Waals surface area contributed by atoms with Gasteiger partial charge in [0, 0.05) is 18.6 Å². The quantitative estimate of drug-likeness (QED) is 0.876. The topological polar surface area (TPSA) is 84.5 Å². The zero-order valence-electron chi connectivity index (χ0n) is 13.2. The number of amides is 1. The molecule has 2 heterocycles. The molecule has 130 valence electrons. The minimum Gasteiger partial charge on any atom is -0.379 e. The first-order valence-electron chi connectivity index (χ1n) is 7.86. The molecule has 0 spiro atoms. The van der Waals surface area contributed by atoms with Crippen LogP contribution in [0.15, 0.2) is 29.3 Å². The van der Waals surface area contributed by atoms with Crippen LogP contribution in [-0.4, -0.2) is 28.7 Å². The Labute approximate surface area is 147 Å². The number of hydrogen-bond donors (Lipinski definition) is 2. The third-order valence-corrected chi connectivity index (χ3v) is 5.30. The van der Waals surface area contributed by atoms with Crippen molar-refractivity contribution < 1.29 is 9.59 Å². The van der Waals surface area contributed by atoms with Crippen molar-refractivity contribution in [1.82, 2.24) is 5.32 Å². The Morgan fingerprint density at radius 2 is 2.29 bits per heavy atom. The minimum atomic E-state index is -0.332. The number of ketones is 1. The molecule has 1 fully saturated rings. The van der Waals surface area contributed by atoms with Gasteiger partial charge in [-0.3, -0.25) is 14.6 Å². The van der Waals surface area contributed by atoms with E-state index < -0.39 is 0 Å². The Kier molecular flexibility index (Phi) is 5.70. The molecular formula is C18H25N3O2S. The molecule has 0 bridgehead atoms. The molecule has 1 saturated heterocycles. The average Bonchev–Trinajstić information content (AvgIpc) is 2.94. The first-order chi connectivity index (χ1) is 11.0. The van der Waals surface area contributed by atoms with Crippen molar-refractivity contribution >= 4 is 28.6 Å². The number of nitrogens with two attached hydrogens (primary N) is 1. The fourth-order valence-corrected chi connectivity index (χ4v) is 4.07. The molecule has 0 radical (unpaired) electrons. The summed E-state index contributed by atoms with van der Waals surface area (Å²) in [7, 11) is 0. The van der Waals surface area contributed by atoms with Crippen LogP contribution in [0.25, 0.3) is 0 Å². The first kappa shape index (κ1) is 18.5. The van der Waals surface area contributed by atoms with Gasteiger partial charge in [-0.1, -0.05) is 43.5 Å². The molecule has 1 amide bonds. The summed E-state index contributed by atoms with van der Waals surface area (Å²) in [6.45, 7) is 2.08. The van der Waals surface area contributed by atoms with Crippen molar-refractivity contribution in [3.63, 3.8) is 0 Å². The van der Waals surface area contributed by atoms with Gasteiger partial charge < -0.3 is 11.1 Å². The van der Waals surface area contributed by atoms with Gasteiger partial charge in [0.2, 0.25) is 5.91 Å². The van der Waals surface area contributed by atoms with Gasteiger partial charge in [0.05, 0.1) is 11.6 Å². The Hall–Kier alpha value is -1.82. The lowest BCUT2D eigenvalue weighted by Crippen LogP contribution is -2.34. The second kappa shape index (κ2) is 7.38. The van der Waals surface area contributed by atoms with E-state index in [0.29, 0.717) is 24.4 Å². The maximum Gasteiger partial charge on any atom is 0.220 e. The monoisotopic (exact) mass is 347 g/mol. The van der Waals surface area contributed by atoms with Crippen LogP contribution >= 0.6 is 11.8 Å². The molecule has 0 saturated carbocycles. The van der Waals surface area contributed by atoms with Gasteiger partial charge in [-0.2, -0.15) is 0 Å². The molecule has 0 aliphatic carbocycles. The highest BCUT2D eigenvalue weighted by molar-refractivity contribution is 8.13. The molecule has 24 heavy (non-hydrogen) atoms. The SMILES string of the molecule is C.C[C@@]1(c2cccc(CC(=O)[C@H]3CCC(=O)N3)c2)CCSC(N)=N1.